The largest absolute Gasteiger partial charge is 0.392 e. The van der Waals surface area contributed by atoms with Crippen molar-refractivity contribution in [1.82, 2.24) is 9.88 Å². The van der Waals surface area contributed by atoms with Crippen molar-refractivity contribution in [2.45, 2.75) is 32.2 Å². The number of ether oxygens (including phenoxy) is 1. The molecule has 0 unspecified atom stereocenters. The molecule has 2 aromatic rings. The summed E-state index contributed by atoms with van der Waals surface area (Å²) >= 11 is 1.52. The third kappa shape index (κ3) is 5.22. The summed E-state index contributed by atoms with van der Waals surface area (Å²) < 4.78 is 5.90. The number of aliphatic hydroxyl groups excluding tert-OH is 1. The maximum absolute atomic E-state index is 12.3. The van der Waals surface area contributed by atoms with Gasteiger partial charge in [0.05, 0.1) is 25.0 Å². The van der Waals surface area contributed by atoms with E-state index in [-0.39, 0.29) is 18.6 Å². The first-order valence-corrected chi connectivity index (χ1v) is 9.29. The Kier molecular flexibility index (Phi) is 6.33. The van der Waals surface area contributed by atoms with Crippen molar-refractivity contribution in [2.24, 2.45) is 0 Å². The van der Waals surface area contributed by atoms with Crippen LogP contribution in [0.2, 0.25) is 0 Å². The van der Waals surface area contributed by atoms with E-state index in [2.05, 4.69) is 4.98 Å². The summed E-state index contributed by atoms with van der Waals surface area (Å²) in [6.07, 6.45) is 7.07. The third-order valence-corrected chi connectivity index (χ3v) is 5.14. The van der Waals surface area contributed by atoms with Crippen LogP contribution >= 0.6 is 11.3 Å². The van der Waals surface area contributed by atoms with Crippen molar-refractivity contribution in [3.63, 3.8) is 0 Å². The van der Waals surface area contributed by atoms with E-state index in [0.29, 0.717) is 19.7 Å². The lowest BCUT2D eigenvalue weighted by Crippen LogP contribution is -2.40. The first-order chi connectivity index (χ1) is 12.2. The number of carbonyl (C=O) groups is 1. The van der Waals surface area contributed by atoms with Gasteiger partial charge in [-0.2, -0.15) is 0 Å². The number of aliphatic hydroxyl groups is 1. The molecule has 5 nitrogen and oxygen atoms in total. The zero-order chi connectivity index (χ0) is 17.5. The Labute approximate surface area is 151 Å². The Morgan fingerprint density at radius 3 is 2.92 bits per heavy atom. The first-order valence-electron chi connectivity index (χ1n) is 8.41. The molecule has 2 aromatic heterocycles. The van der Waals surface area contributed by atoms with Gasteiger partial charge in [0, 0.05) is 30.2 Å². The third-order valence-electron chi connectivity index (χ3n) is 4.19. The SMILES string of the molecule is O=C(C=Cc1cc(CO)cs1)N1CCC(OCc2ccccn2)CC1. The normalized spacial score (nSPS) is 15.8. The Morgan fingerprint density at radius 1 is 1.40 bits per heavy atom. The van der Waals surface area contributed by atoms with Gasteiger partial charge < -0.3 is 14.7 Å². The van der Waals surface area contributed by atoms with E-state index in [1.807, 2.05) is 40.6 Å². The number of nitrogens with zero attached hydrogens (tertiary/aromatic N) is 2. The molecule has 25 heavy (non-hydrogen) atoms. The average molecular weight is 358 g/mol. The van der Waals surface area contributed by atoms with Crippen molar-refractivity contribution in [3.8, 4) is 0 Å². The summed E-state index contributed by atoms with van der Waals surface area (Å²) in [5.41, 5.74) is 1.81. The summed E-state index contributed by atoms with van der Waals surface area (Å²) in [5, 5.41) is 11.0. The number of aromatic nitrogens is 1. The van der Waals surface area contributed by atoms with Gasteiger partial charge in [0.2, 0.25) is 5.91 Å². The van der Waals surface area contributed by atoms with Gasteiger partial charge in [-0.25, -0.2) is 0 Å². The molecule has 3 heterocycles. The highest BCUT2D eigenvalue weighted by Crippen LogP contribution is 2.18. The van der Waals surface area contributed by atoms with Crippen LogP contribution in [-0.4, -0.2) is 40.1 Å². The molecule has 0 atom stereocenters. The molecular weight excluding hydrogens is 336 g/mol. The Balaban J connectivity index is 1.42. The fourth-order valence-electron chi connectivity index (χ4n) is 2.75. The summed E-state index contributed by atoms with van der Waals surface area (Å²) in [6.45, 7) is 1.97. The molecule has 1 aliphatic rings. The quantitative estimate of drug-likeness (QED) is 0.807. The number of thiophene rings is 1. The predicted molar refractivity (Wildman–Crippen MR) is 97.9 cm³/mol. The van der Waals surface area contributed by atoms with Crippen molar-refractivity contribution in [3.05, 3.63) is 58.1 Å². The minimum atomic E-state index is 0.0297. The fraction of sp³-hybridized carbons (Fsp3) is 0.368. The molecule has 0 radical (unpaired) electrons. The van der Waals surface area contributed by atoms with E-state index in [1.54, 1.807) is 12.3 Å². The first kappa shape index (κ1) is 17.8. The van der Waals surface area contributed by atoms with Gasteiger partial charge in [0.1, 0.15) is 0 Å². The van der Waals surface area contributed by atoms with Gasteiger partial charge >= 0.3 is 0 Å². The molecular formula is C19H22N2O3S. The Hall–Kier alpha value is -2.02. The second-order valence-electron chi connectivity index (χ2n) is 6.01. The smallest absolute Gasteiger partial charge is 0.246 e. The molecule has 0 aliphatic carbocycles. The summed E-state index contributed by atoms with van der Waals surface area (Å²) in [7, 11) is 0. The zero-order valence-electron chi connectivity index (χ0n) is 14.0. The van der Waals surface area contributed by atoms with E-state index in [9.17, 15) is 4.79 Å². The Morgan fingerprint density at radius 2 is 2.24 bits per heavy atom. The molecule has 0 aromatic carbocycles. The van der Waals surface area contributed by atoms with E-state index in [4.69, 9.17) is 9.84 Å². The van der Waals surface area contributed by atoms with E-state index in [1.165, 1.54) is 11.3 Å². The molecule has 132 valence electrons. The van der Waals surface area contributed by atoms with Crippen LogP contribution in [0.5, 0.6) is 0 Å². The summed E-state index contributed by atoms with van der Waals surface area (Å²) in [6, 6.07) is 7.70. The van der Waals surface area contributed by atoms with Gasteiger partial charge in [-0.3, -0.25) is 9.78 Å². The highest BCUT2D eigenvalue weighted by atomic mass is 32.1. The van der Waals surface area contributed by atoms with Crippen LogP contribution in [0.25, 0.3) is 6.08 Å². The van der Waals surface area contributed by atoms with Crippen molar-refractivity contribution in [2.75, 3.05) is 13.1 Å². The number of rotatable bonds is 6. The number of pyridine rings is 1. The van der Waals surface area contributed by atoms with Gasteiger partial charge in [-0.15, -0.1) is 11.3 Å². The van der Waals surface area contributed by atoms with E-state index in [0.717, 1.165) is 29.0 Å². The van der Waals surface area contributed by atoms with Gasteiger partial charge in [0.25, 0.3) is 0 Å². The molecule has 6 heteroatoms. The number of piperidine rings is 1. The second-order valence-corrected chi connectivity index (χ2v) is 6.95. The minimum absolute atomic E-state index is 0.0297. The standard InChI is InChI=1S/C19H22N2O3S/c22-12-15-11-18(25-14-15)4-5-19(23)21-9-6-17(7-10-21)24-13-16-3-1-2-8-20-16/h1-5,8,11,14,17,22H,6-7,9-10,12-13H2. The number of hydrogen-bond donors (Lipinski definition) is 1. The lowest BCUT2D eigenvalue weighted by Gasteiger charge is -2.31. The fourth-order valence-corrected chi connectivity index (χ4v) is 3.55. The monoisotopic (exact) mass is 358 g/mol. The lowest BCUT2D eigenvalue weighted by molar-refractivity contribution is -0.128. The predicted octanol–water partition coefficient (Wildman–Crippen LogP) is 2.86. The molecule has 1 amide bonds. The van der Waals surface area contributed by atoms with Crippen LogP contribution in [0.1, 0.15) is 29.0 Å². The van der Waals surface area contributed by atoms with Crippen LogP contribution < -0.4 is 0 Å². The molecule has 0 spiro atoms. The van der Waals surface area contributed by atoms with Crippen LogP contribution in [-0.2, 0) is 22.7 Å². The summed E-state index contributed by atoms with van der Waals surface area (Å²) in [4.78, 5) is 19.4. The lowest BCUT2D eigenvalue weighted by atomic mass is 10.1. The number of amides is 1. The van der Waals surface area contributed by atoms with E-state index < -0.39 is 0 Å². The molecule has 1 saturated heterocycles. The van der Waals surface area contributed by atoms with Gasteiger partial charge in [-0.1, -0.05) is 6.07 Å². The van der Waals surface area contributed by atoms with Crippen molar-refractivity contribution in [1.29, 1.82) is 0 Å². The van der Waals surface area contributed by atoms with Crippen LogP contribution in [0.4, 0.5) is 0 Å². The maximum atomic E-state index is 12.3. The number of hydrogen-bond acceptors (Lipinski definition) is 5. The van der Waals surface area contributed by atoms with Crippen LogP contribution in [0.3, 0.4) is 0 Å². The summed E-state index contributed by atoms with van der Waals surface area (Å²) in [5.74, 6) is 0.0297. The minimum Gasteiger partial charge on any atom is -0.392 e. The van der Waals surface area contributed by atoms with E-state index >= 15 is 0 Å². The number of likely N-dealkylation sites (tertiary alicyclic amines) is 1. The molecule has 1 fully saturated rings. The second kappa shape index (κ2) is 8.89. The molecule has 1 aliphatic heterocycles. The Bertz CT molecular complexity index is 706. The number of carbonyl (C=O) groups excluding carboxylic acids is 1. The topological polar surface area (TPSA) is 62.7 Å². The maximum Gasteiger partial charge on any atom is 0.246 e. The average Bonchev–Trinajstić information content (AvgIpc) is 3.14. The van der Waals surface area contributed by atoms with Crippen LogP contribution in [0, 0.1) is 0 Å². The highest BCUT2D eigenvalue weighted by Gasteiger charge is 2.22. The van der Waals surface area contributed by atoms with Gasteiger partial charge in [-0.05, 0) is 48.1 Å². The molecule has 0 saturated carbocycles. The zero-order valence-corrected chi connectivity index (χ0v) is 14.8. The van der Waals surface area contributed by atoms with Crippen molar-refractivity contribution < 1.29 is 14.6 Å². The molecule has 1 N–H and O–H groups in total. The molecule has 3 rings (SSSR count). The van der Waals surface area contributed by atoms with Gasteiger partial charge in [0.15, 0.2) is 0 Å². The van der Waals surface area contributed by atoms with Crippen molar-refractivity contribution >= 4 is 23.3 Å². The van der Waals surface area contributed by atoms with Crippen LogP contribution in [0.15, 0.2) is 41.9 Å². The molecule has 0 bridgehead atoms. The highest BCUT2D eigenvalue weighted by molar-refractivity contribution is 7.11.